The Kier molecular flexibility index (Phi) is 5.76. The van der Waals surface area contributed by atoms with Crippen LogP contribution in [0.3, 0.4) is 0 Å². The van der Waals surface area contributed by atoms with Crippen LogP contribution >= 0.6 is 0 Å². The molecule has 0 spiro atoms. The van der Waals surface area contributed by atoms with Gasteiger partial charge >= 0.3 is 29.7 Å². The van der Waals surface area contributed by atoms with Gasteiger partial charge in [0.05, 0.1) is 18.5 Å². The minimum absolute atomic E-state index is 0.0650. The summed E-state index contributed by atoms with van der Waals surface area (Å²) in [5.41, 5.74) is -3.31. The van der Waals surface area contributed by atoms with E-state index in [1.54, 1.807) is 0 Å². The molecule has 1 aromatic rings. The molecule has 150 valence electrons. The second-order valence-corrected chi connectivity index (χ2v) is 5.38. The van der Waals surface area contributed by atoms with Gasteiger partial charge in [-0.05, 0) is 0 Å². The van der Waals surface area contributed by atoms with E-state index in [1.807, 2.05) is 0 Å². The lowest BCUT2D eigenvalue weighted by molar-refractivity contribution is -0.363. The number of alkyl halides is 10. The van der Waals surface area contributed by atoms with Gasteiger partial charge in [0.25, 0.3) is 0 Å². The van der Waals surface area contributed by atoms with Gasteiger partial charge in [0.2, 0.25) is 5.76 Å². The van der Waals surface area contributed by atoms with Crippen molar-refractivity contribution in [1.29, 1.82) is 5.26 Å². The molecule has 0 bridgehead atoms. The summed E-state index contributed by atoms with van der Waals surface area (Å²) in [5, 5.41) is 11.7. The fourth-order valence-electron chi connectivity index (χ4n) is 1.83. The maximum absolute atomic E-state index is 13.5. The Labute approximate surface area is 144 Å². The molecule has 1 rings (SSSR count). The fraction of sp³-hybridized carbons (Fsp3) is 0.615. The third kappa shape index (κ3) is 4.61. The molecule has 27 heavy (non-hydrogen) atoms. The number of rotatable bonds is 6. The van der Waals surface area contributed by atoms with Gasteiger partial charge in [0, 0.05) is 12.5 Å². The van der Waals surface area contributed by atoms with E-state index in [0.717, 1.165) is 0 Å². The maximum atomic E-state index is 13.5. The van der Waals surface area contributed by atoms with Gasteiger partial charge in [-0.2, -0.15) is 49.2 Å². The molecule has 1 aromatic heterocycles. The molecule has 0 amide bonds. The number of aromatic nitrogens is 1. The molecule has 0 aliphatic rings. The minimum Gasteiger partial charge on any atom is -0.354 e. The van der Waals surface area contributed by atoms with Crippen molar-refractivity contribution in [2.75, 3.05) is 0 Å². The Balaban J connectivity index is 3.15. The Morgan fingerprint density at radius 1 is 1.04 bits per heavy atom. The summed E-state index contributed by atoms with van der Waals surface area (Å²) >= 11 is 0. The number of halogens is 10. The predicted molar refractivity (Wildman–Crippen MR) is 65.3 cm³/mol. The predicted octanol–water partition coefficient (Wildman–Crippen LogP) is 5.03. The summed E-state index contributed by atoms with van der Waals surface area (Å²) in [6.07, 6.45) is -15.2. The van der Waals surface area contributed by atoms with Crippen LogP contribution in [0.25, 0.3) is 4.85 Å². The van der Waals surface area contributed by atoms with Gasteiger partial charge < -0.3 is 4.52 Å². The molecule has 1 heterocycles. The summed E-state index contributed by atoms with van der Waals surface area (Å²) in [5.74, 6) is -14.6. The number of nitrogens with zero attached hydrogens (tertiary/aromatic N) is 3. The molecular formula is C13H7F10N3O. The van der Waals surface area contributed by atoms with Crippen molar-refractivity contribution < 1.29 is 48.4 Å². The Bertz CT molecular complexity index is 736. The van der Waals surface area contributed by atoms with Crippen molar-refractivity contribution in [2.45, 2.75) is 49.0 Å². The van der Waals surface area contributed by atoms with Crippen molar-refractivity contribution >= 4 is 0 Å². The van der Waals surface area contributed by atoms with Gasteiger partial charge in [-0.15, -0.1) is 0 Å². The largest absolute Gasteiger partial charge is 0.460 e. The second-order valence-electron chi connectivity index (χ2n) is 5.38. The topological polar surface area (TPSA) is 54.2 Å². The van der Waals surface area contributed by atoms with Crippen LogP contribution in [0.5, 0.6) is 0 Å². The van der Waals surface area contributed by atoms with E-state index in [-0.39, 0.29) is 6.07 Å². The average Bonchev–Trinajstić information content (AvgIpc) is 2.98. The summed E-state index contributed by atoms with van der Waals surface area (Å²) < 4.78 is 130. The highest BCUT2D eigenvalue weighted by atomic mass is 19.4. The molecule has 0 fully saturated rings. The molecule has 1 atom stereocenters. The molecular weight excluding hydrogens is 404 g/mol. The Morgan fingerprint density at radius 2 is 1.59 bits per heavy atom. The number of nitriles is 1. The standard InChI is InChI=1S/C13H7F10N3O/c1-25-9(6-24,2-3-10(14,15)16)5-7-4-8(27-26-7)11(17,18)12(19,20)13(21,22)23/h4H,2-3,5H2. The average molecular weight is 411 g/mol. The summed E-state index contributed by atoms with van der Waals surface area (Å²) in [7, 11) is 0. The third-order valence-corrected chi connectivity index (χ3v) is 3.34. The van der Waals surface area contributed by atoms with E-state index in [9.17, 15) is 43.9 Å². The number of hydrogen-bond donors (Lipinski definition) is 0. The van der Waals surface area contributed by atoms with Crippen LogP contribution in [0, 0.1) is 17.9 Å². The first-order valence-corrected chi connectivity index (χ1v) is 6.66. The lowest BCUT2D eigenvalue weighted by Gasteiger charge is -2.25. The van der Waals surface area contributed by atoms with Crippen LogP contribution in [0.1, 0.15) is 24.3 Å². The first kappa shape index (κ1) is 22.5. The van der Waals surface area contributed by atoms with Gasteiger partial charge in [0.15, 0.2) is 6.07 Å². The highest BCUT2D eigenvalue weighted by Gasteiger charge is 2.75. The van der Waals surface area contributed by atoms with E-state index in [0.29, 0.717) is 0 Å². The van der Waals surface area contributed by atoms with E-state index in [4.69, 9.17) is 11.8 Å². The highest BCUT2D eigenvalue weighted by Crippen LogP contribution is 2.51. The third-order valence-electron chi connectivity index (χ3n) is 3.34. The quantitative estimate of drug-likeness (QED) is 0.488. The summed E-state index contributed by atoms with van der Waals surface area (Å²) in [6, 6.07) is 1.17. The summed E-state index contributed by atoms with van der Waals surface area (Å²) in [6.45, 7) is 6.84. The summed E-state index contributed by atoms with van der Waals surface area (Å²) in [4.78, 5) is 2.69. The molecule has 0 saturated heterocycles. The lowest BCUT2D eigenvalue weighted by Crippen LogP contribution is -2.49. The van der Waals surface area contributed by atoms with Crippen molar-refractivity contribution in [3.05, 3.63) is 28.9 Å². The van der Waals surface area contributed by atoms with Crippen molar-refractivity contribution in [3.8, 4) is 6.07 Å². The lowest BCUT2D eigenvalue weighted by atomic mass is 9.90. The fourth-order valence-corrected chi connectivity index (χ4v) is 1.83. The van der Waals surface area contributed by atoms with Crippen molar-refractivity contribution in [2.24, 2.45) is 0 Å². The van der Waals surface area contributed by atoms with Crippen LogP contribution in [-0.4, -0.2) is 29.0 Å². The second kappa shape index (κ2) is 6.90. The zero-order valence-electron chi connectivity index (χ0n) is 12.7. The molecule has 0 aliphatic carbocycles. The molecule has 0 aliphatic heterocycles. The first-order valence-electron chi connectivity index (χ1n) is 6.66. The van der Waals surface area contributed by atoms with Crippen molar-refractivity contribution in [3.63, 3.8) is 0 Å². The van der Waals surface area contributed by atoms with Crippen LogP contribution in [0.4, 0.5) is 43.9 Å². The van der Waals surface area contributed by atoms with Gasteiger partial charge in [-0.3, -0.25) is 4.85 Å². The molecule has 0 radical (unpaired) electrons. The maximum Gasteiger partial charge on any atom is 0.460 e. The first-order chi connectivity index (χ1) is 12.0. The normalized spacial score (nSPS) is 15.7. The van der Waals surface area contributed by atoms with E-state index in [1.165, 1.54) is 6.07 Å². The molecule has 0 aromatic carbocycles. The smallest absolute Gasteiger partial charge is 0.354 e. The SMILES string of the molecule is [C-]#[N+]C(C#N)(CCC(F)(F)F)Cc1cc(C(F)(F)C(F)(F)C(F)(F)F)on1. The van der Waals surface area contributed by atoms with E-state index >= 15 is 0 Å². The monoisotopic (exact) mass is 411 g/mol. The number of hydrogen-bond acceptors (Lipinski definition) is 3. The zero-order chi connectivity index (χ0) is 21.3. The molecule has 0 N–H and O–H groups in total. The molecule has 14 heteroatoms. The van der Waals surface area contributed by atoms with E-state index in [2.05, 4.69) is 14.5 Å². The van der Waals surface area contributed by atoms with Gasteiger partial charge in [-0.25, -0.2) is 6.57 Å². The van der Waals surface area contributed by atoms with Gasteiger partial charge in [-0.1, -0.05) is 5.16 Å². The highest BCUT2D eigenvalue weighted by molar-refractivity contribution is 5.24. The molecule has 4 nitrogen and oxygen atoms in total. The van der Waals surface area contributed by atoms with Crippen LogP contribution in [0.15, 0.2) is 10.6 Å². The molecule has 1 unspecified atom stereocenters. The zero-order valence-corrected chi connectivity index (χ0v) is 12.7. The van der Waals surface area contributed by atoms with Crippen molar-refractivity contribution in [1.82, 2.24) is 5.16 Å². The Morgan fingerprint density at radius 3 is 2.00 bits per heavy atom. The van der Waals surface area contributed by atoms with Crippen LogP contribution in [0.2, 0.25) is 0 Å². The van der Waals surface area contributed by atoms with E-state index < -0.39 is 60.5 Å². The Hall–Kier alpha value is -2.51. The van der Waals surface area contributed by atoms with Crippen LogP contribution in [-0.2, 0) is 12.3 Å². The van der Waals surface area contributed by atoms with Gasteiger partial charge in [0.1, 0.15) is 0 Å². The minimum atomic E-state index is -6.64. The van der Waals surface area contributed by atoms with Crippen LogP contribution < -0.4 is 0 Å². The molecule has 0 saturated carbocycles.